The summed E-state index contributed by atoms with van der Waals surface area (Å²) in [6, 6.07) is 8.01. The molecule has 0 radical (unpaired) electrons. The minimum Gasteiger partial charge on any atom is -0.383 e. The maximum absolute atomic E-state index is 12.4. The predicted octanol–water partition coefficient (Wildman–Crippen LogP) is 2.77. The lowest BCUT2D eigenvalue weighted by molar-refractivity contribution is -0.129. The molecule has 6 nitrogen and oxygen atoms in total. The fraction of sp³-hybridized carbons (Fsp3) is 0.550. The van der Waals surface area contributed by atoms with E-state index in [0.29, 0.717) is 29.6 Å². The number of amides is 2. The van der Waals surface area contributed by atoms with Gasteiger partial charge >= 0.3 is 0 Å². The summed E-state index contributed by atoms with van der Waals surface area (Å²) in [4.78, 5) is 31.6. The summed E-state index contributed by atoms with van der Waals surface area (Å²) in [6.45, 7) is 5.09. The number of rotatable bonds is 7. The number of fused-ring (bicyclic) bond motifs is 1. The fourth-order valence-corrected chi connectivity index (χ4v) is 4.99. The van der Waals surface area contributed by atoms with Crippen molar-refractivity contribution in [1.29, 1.82) is 0 Å². The molecular formula is C20H27N3O3S2. The van der Waals surface area contributed by atoms with E-state index < -0.39 is 0 Å². The van der Waals surface area contributed by atoms with Crippen molar-refractivity contribution in [2.24, 2.45) is 10.9 Å². The second kappa shape index (κ2) is 10.2. The van der Waals surface area contributed by atoms with Gasteiger partial charge in [-0.1, -0.05) is 30.4 Å². The van der Waals surface area contributed by atoms with Gasteiger partial charge in [-0.3, -0.25) is 9.59 Å². The van der Waals surface area contributed by atoms with Crippen LogP contribution in [0, 0.1) is 5.92 Å². The first-order chi connectivity index (χ1) is 13.6. The predicted molar refractivity (Wildman–Crippen MR) is 115 cm³/mol. The van der Waals surface area contributed by atoms with Crippen molar-refractivity contribution in [1.82, 2.24) is 9.47 Å². The van der Waals surface area contributed by atoms with Crippen molar-refractivity contribution in [3.8, 4) is 0 Å². The number of likely N-dealkylation sites (tertiary alicyclic amines) is 1. The third-order valence-corrected chi connectivity index (χ3v) is 6.88. The van der Waals surface area contributed by atoms with Crippen LogP contribution >= 0.6 is 23.1 Å². The zero-order chi connectivity index (χ0) is 19.9. The van der Waals surface area contributed by atoms with Crippen molar-refractivity contribution in [2.75, 3.05) is 38.3 Å². The summed E-state index contributed by atoms with van der Waals surface area (Å²) in [7, 11) is 1.66. The van der Waals surface area contributed by atoms with E-state index >= 15 is 0 Å². The van der Waals surface area contributed by atoms with Gasteiger partial charge in [0.15, 0.2) is 4.80 Å². The van der Waals surface area contributed by atoms with Gasteiger partial charge in [0.1, 0.15) is 0 Å². The monoisotopic (exact) mass is 421 g/mol. The van der Waals surface area contributed by atoms with E-state index in [2.05, 4.69) is 11.9 Å². The maximum Gasteiger partial charge on any atom is 0.258 e. The summed E-state index contributed by atoms with van der Waals surface area (Å²) in [5, 5.41) is 0. The van der Waals surface area contributed by atoms with E-state index in [1.54, 1.807) is 7.11 Å². The van der Waals surface area contributed by atoms with E-state index in [0.717, 1.165) is 36.1 Å². The van der Waals surface area contributed by atoms with Gasteiger partial charge in [0, 0.05) is 26.7 Å². The van der Waals surface area contributed by atoms with Gasteiger partial charge in [0.25, 0.3) is 5.91 Å². The molecular weight excluding hydrogens is 394 g/mol. The van der Waals surface area contributed by atoms with Crippen LogP contribution in [0.25, 0.3) is 10.2 Å². The Bertz CT molecular complexity index is 882. The zero-order valence-electron chi connectivity index (χ0n) is 16.4. The molecule has 152 valence electrons. The van der Waals surface area contributed by atoms with Crippen LogP contribution in [-0.2, 0) is 20.9 Å². The molecule has 1 aliphatic heterocycles. The molecule has 1 saturated heterocycles. The third kappa shape index (κ3) is 5.46. The highest BCUT2D eigenvalue weighted by Crippen LogP contribution is 2.18. The van der Waals surface area contributed by atoms with Crippen LogP contribution in [0.15, 0.2) is 29.3 Å². The molecule has 1 aromatic carbocycles. The first-order valence-electron chi connectivity index (χ1n) is 9.59. The number of carbonyl (C=O) groups is 2. The van der Waals surface area contributed by atoms with Crippen LogP contribution in [0.1, 0.15) is 19.8 Å². The van der Waals surface area contributed by atoms with Gasteiger partial charge in [0.05, 0.1) is 28.3 Å². The normalized spacial score (nSPS) is 16.1. The Hall–Kier alpha value is -1.64. The van der Waals surface area contributed by atoms with Crippen molar-refractivity contribution >= 4 is 45.1 Å². The van der Waals surface area contributed by atoms with Crippen LogP contribution in [0.4, 0.5) is 0 Å². The Morgan fingerprint density at radius 3 is 2.75 bits per heavy atom. The molecule has 1 aliphatic rings. The fourth-order valence-electron chi connectivity index (χ4n) is 3.22. The number of piperidine rings is 1. The smallest absolute Gasteiger partial charge is 0.258 e. The van der Waals surface area contributed by atoms with E-state index in [-0.39, 0.29) is 17.6 Å². The average Bonchev–Trinajstić information content (AvgIpc) is 3.03. The quantitative estimate of drug-likeness (QED) is 0.690. The Morgan fingerprint density at radius 1 is 1.25 bits per heavy atom. The largest absolute Gasteiger partial charge is 0.383 e. The van der Waals surface area contributed by atoms with Crippen LogP contribution in [0.3, 0.4) is 0 Å². The van der Waals surface area contributed by atoms with E-state index in [4.69, 9.17) is 4.74 Å². The first-order valence-corrected chi connectivity index (χ1v) is 11.6. The van der Waals surface area contributed by atoms with Crippen molar-refractivity contribution in [3.63, 3.8) is 0 Å². The van der Waals surface area contributed by atoms with Crippen LogP contribution in [0.2, 0.25) is 0 Å². The Kier molecular flexibility index (Phi) is 7.70. The molecule has 3 rings (SSSR count). The molecule has 1 aromatic heterocycles. The SMILES string of the molecule is COCCn1c(=NC(=O)CSCC(=O)N2CCC(C)CC2)sc2ccccc21. The number of aromatic nitrogens is 1. The van der Waals surface area contributed by atoms with Crippen molar-refractivity contribution in [3.05, 3.63) is 29.1 Å². The molecule has 2 amide bonds. The second-order valence-electron chi connectivity index (χ2n) is 7.06. The Labute approximate surface area is 173 Å². The Balaban J connectivity index is 1.60. The third-order valence-electron chi connectivity index (χ3n) is 4.91. The molecule has 0 bridgehead atoms. The number of methoxy groups -OCH3 is 1. The first kappa shape index (κ1) is 21.1. The van der Waals surface area contributed by atoms with E-state index in [9.17, 15) is 9.59 Å². The van der Waals surface area contributed by atoms with Gasteiger partial charge in [-0.25, -0.2) is 0 Å². The van der Waals surface area contributed by atoms with Crippen molar-refractivity contribution < 1.29 is 14.3 Å². The number of hydrogen-bond acceptors (Lipinski definition) is 5. The van der Waals surface area contributed by atoms with Gasteiger partial charge < -0.3 is 14.2 Å². The molecule has 0 N–H and O–H groups in total. The van der Waals surface area contributed by atoms with Crippen LogP contribution in [-0.4, -0.2) is 59.6 Å². The molecule has 0 unspecified atom stereocenters. The molecule has 2 aromatic rings. The van der Waals surface area contributed by atoms with Gasteiger partial charge in [0.2, 0.25) is 5.91 Å². The van der Waals surface area contributed by atoms with Crippen LogP contribution < -0.4 is 4.80 Å². The highest BCUT2D eigenvalue weighted by Gasteiger charge is 2.20. The second-order valence-corrected chi connectivity index (χ2v) is 9.05. The lowest BCUT2D eigenvalue weighted by Gasteiger charge is -2.30. The highest BCUT2D eigenvalue weighted by molar-refractivity contribution is 8.00. The zero-order valence-corrected chi connectivity index (χ0v) is 18.1. The minimum atomic E-state index is -0.206. The molecule has 1 fully saturated rings. The highest BCUT2D eigenvalue weighted by atomic mass is 32.2. The lowest BCUT2D eigenvalue weighted by Crippen LogP contribution is -2.39. The molecule has 0 atom stereocenters. The Morgan fingerprint density at radius 2 is 2.00 bits per heavy atom. The topological polar surface area (TPSA) is 63.9 Å². The van der Waals surface area contributed by atoms with E-state index in [1.165, 1.54) is 23.1 Å². The number of hydrogen-bond donors (Lipinski definition) is 0. The molecule has 28 heavy (non-hydrogen) atoms. The number of carbonyl (C=O) groups excluding carboxylic acids is 2. The average molecular weight is 422 g/mol. The van der Waals surface area contributed by atoms with Crippen LogP contribution in [0.5, 0.6) is 0 Å². The summed E-state index contributed by atoms with van der Waals surface area (Å²) in [6.07, 6.45) is 2.14. The number of thiazole rings is 1. The number of nitrogens with zero attached hydrogens (tertiary/aromatic N) is 3. The standard InChI is InChI=1S/C20H27N3O3S2/c1-15-7-9-22(10-8-15)19(25)14-27-13-18(24)21-20-23(11-12-26-2)16-5-3-4-6-17(16)28-20/h3-6,15H,7-14H2,1-2H3. The molecule has 0 aliphatic carbocycles. The number of ether oxygens (including phenoxy) is 1. The number of thioether (sulfide) groups is 1. The molecule has 0 saturated carbocycles. The van der Waals surface area contributed by atoms with E-state index in [1.807, 2.05) is 33.7 Å². The lowest BCUT2D eigenvalue weighted by atomic mass is 9.99. The minimum absolute atomic E-state index is 0.127. The summed E-state index contributed by atoms with van der Waals surface area (Å²) < 4.78 is 8.30. The molecule has 8 heteroatoms. The molecule has 0 spiro atoms. The van der Waals surface area contributed by atoms with Gasteiger partial charge in [-0.2, -0.15) is 4.99 Å². The number of benzene rings is 1. The number of para-hydroxylation sites is 1. The maximum atomic E-state index is 12.4. The van der Waals surface area contributed by atoms with Gasteiger partial charge in [-0.15, -0.1) is 11.8 Å². The summed E-state index contributed by atoms with van der Waals surface area (Å²) in [5.41, 5.74) is 1.05. The van der Waals surface area contributed by atoms with Crippen molar-refractivity contribution in [2.45, 2.75) is 26.3 Å². The summed E-state index contributed by atoms with van der Waals surface area (Å²) in [5.74, 6) is 1.17. The van der Waals surface area contributed by atoms with Gasteiger partial charge in [-0.05, 0) is 30.9 Å². The molecule has 2 heterocycles. The summed E-state index contributed by atoms with van der Waals surface area (Å²) >= 11 is 2.85.